The van der Waals surface area contributed by atoms with Crippen molar-refractivity contribution in [1.82, 2.24) is 9.80 Å². The molecule has 16 heavy (non-hydrogen) atoms. The van der Waals surface area contributed by atoms with Crippen LogP contribution in [0.2, 0.25) is 0 Å². The lowest BCUT2D eigenvalue weighted by Gasteiger charge is -2.44. The minimum Gasteiger partial charge on any atom is -0.303 e. The van der Waals surface area contributed by atoms with Gasteiger partial charge in [-0.2, -0.15) is 0 Å². The third kappa shape index (κ3) is 5.08. The van der Waals surface area contributed by atoms with Gasteiger partial charge in [0, 0.05) is 37.6 Å². The summed E-state index contributed by atoms with van der Waals surface area (Å²) in [6.07, 6.45) is 1.51. The zero-order chi connectivity index (χ0) is 12.7. The van der Waals surface area contributed by atoms with E-state index in [-0.39, 0.29) is 0 Å². The normalized spacial score (nSPS) is 27.4. The summed E-state index contributed by atoms with van der Waals surface area (Å²) in [6.45, 7) is 13.4. The van der Waals surface area contributed by atoms with Crippen molar-refractivity contribution in [3.8, 4) is 0 Å². The minimum absolute atomic E-state index is 0.639. The van der Waals surface area contributed by atoms with E-state index in [1.54, 1.807) is 0 Å². The number of nitrogens with zero attached hydrogens (tertiary/aromatic N) is 2. The quantitative estimate of drug-likeness (QED) is 0.676. The van der Waals surface area contributed by atoms with Crippen molar-refractivity contribution in [2.24, 2.45) is 0 Å². The number of likely N-dealkylation sites (N-methyl/N-ethyl adjacent to an activating group) is 1. The molecule has 2 unspecified atom stereocenters. The van der Waals surface area contributed by atoms with Crippen molar-refractivity contribution in [3.05, 3.63) is 0 Å². The van der Waals surface area contributed by atoms with Crippen LogP contribution in [0.15, 0.2) is 0 Å². The van der Waals surface area contributed by atoms with Crippen molar-refractivity contribution in [2.75, 3.05) is 20.1 Å². The summed E-state index contributed by atoms with van der Waals surface area (Å²) in [5.74, 6) is 0. The lowest BCUT2D eigenvalue weighted by molar-refractivity contribution is -0.107. The van der Waals surface area contributed by atoms with Crippen molar-refractivity contribution in [3.63, 3.8) is 0 Å². The van der Waals surface area contributed by atoms with Gasteiger partial charge < -0.3 is 9.69 Å². The van der Waals surface area contributed by atoms with Gasteiger partial charge in [0.2, 0.25) is 0 Å². The Labute approximate surface area is 101 Å². The Kier molecular flexibility index (Phi) is 7.60. The molecule has 0 bridgehead atoms. The molecule has 0 spiro atoms. The average molecular weight is 228 g/mol. The van der Waals surface area contributed by atoms with Gasteiger partial charge in [0.1, 0.15) is 6.29 Å². The summed E-state index contributed by atoms with van der Waals surface area (Å²) in [6, 6.07) is 2.12. The van der Waals surface area contributed by atoms with Crippen LogP contribution in [0.1, 0.15) is 41.0 Å². The van der Waals surface area contributed by atoms with Gasteiger partial charge in [-0.15, -0.1) is 0 Å². The number of hydrogen-bond acceptors (Lipinski definition) is 3. The molecule has 1 aliphatic rings. The predicted octanol–water partition coefficient (Wildman–Crippen LogP) is 2.01. The first-order valence-corrected chi connectivity index (χ1v) is 6.33. The molecule has 0 amide bonds. The molecule has 0 aliphatic carbocycles. The molecule has 3 nitrogen and oxygen atoms in total. The summed E-state index contributed by atoms with van der Waals surface area (Å²) < 4.78 is 0. The van der Waals surface area contributed by atoms with E-state index >= 15 is 0 Å². The van der Waals surface area contributed by atoms with Gasteiger partial charge in [0.05, 0.1) is 0 Å². The summed E-state index contributed by atoms with van der Waals surface area (Å²) >= 11 is 0. The molecule has 0 N–H and O–H groups in total. The second kappa shape index (κ2) is 7.80. The van der Waals surface area contributed by atoms with E-state index in [4.69, 9.17) is 0 Å². The fourth-order valence-corrected chi connectivity index (χ4v) is 2.05. The van der Waals surface area contributed by atoms with Crippen molar-refractivity contribution < 1.29 is 4.79 Å². The fourth-order valence-electron chi connectivity index (χ4n) is 2.05. The van der Waals surface area contributed by atoms with E-state index in [2.05, 4.69) is 44.5 Å². The van der Waals surface area contributed by atoms with Gasteiger partial charge in [-0.3, -0.25) is 4.90 Å². The van der Waals surface area contributed by atoms with E-state index in [1.165, 1.54) is 13.1 Å². The van der Waals surface area contributed by atoms with Crippen LogP contribution in [-0.2, 0) is 4.79 Å². The lowest BCUT2D eigenvalue weighted by atomic mass is 10.1. The third-order valence-corrected chi connectivity index (χ3v) is 3.18. The second-order valence-corrected chi connectivity index (χ2v) is 5.00. The Morgan fingerprint density at radius 1 is 1.25 bits per heavy atom. The standard InChI is InChI=1S/C10H22N2.C3H6O/c1-8(2)12-7-9(3)11(5)6-10(12)4;1-2-3-4/h8-10H,6-7H2,1-5H3;3H,2H2,1H3. The SMILES string of the molecule is CC1CN(C(C)C)C(C)CN1C.CCC=O. The Balaban J connectivity index is 0.000000487. The summed E-state index contributed by atoms with van der Waals surface area (Å²) in [7, 11) is 2.22. The van der Waals surface area contributed by atoms with Crippen LogP contribution < -0.4 is 0 Å². The highest BCUT2D eigenvalue weighted by Gasteiger charge is 2.27. The van der Waals surface area contributed by atoms with Gasteiger partial charge in [-0.25, -0.2) is 0 Å². The molecule has 0 radical (unpaired) electrons. The van der Waals surface area contributed by atoms with E-state index in [0.29, 0.717) is 24.5 Å². The number of carbonyl (C=O) groups excluding carboxylic acids is 1. The highest BCUT2D eigenvalue weighted by atomic mass is 16.1. The lowest BCUT2D eigenvalue weighted by Crippen LogP contribution is -2.56. The molecule has 0 saturated carbocycles. The number of piperazine rings is 1. The average Bonchev–Trinajstić information content (AvgIpc) is 2.23. The molecule has 1 heterocycles. The van der Waals surface area contributed by atoms with Crippen molar-refractivity contribution in [2.45, 2.75) is 59.2 Å². The highest BCUT2D eigenvalue weighted by Crippen LogP contribution is 2.15. The minimum atomic E-state index is 0.639. The maximum absolute atomic E-state index is 9.17. The van der Waals surface area contributed by atoms with Crippen LogP contribution in [-0.4, -0.2) is 54.3 Å². The van der Waals surface area contributed by atoms with E-state index < -0.39 is 0 Å². The maximum atomic E-state index is 9.17. The molecule has 96 valence electrons. The topological polar surface area (TPSA) is 23.6 Å². The van der Waals surface area contributed by atoms with E-state index in [1.807, 2.05) is 6.92 Å². The summed E-state index contributed by atoms with van der Waals surface area (Å²) in [5.41, 5.74) is 0. The molecule has 2 atom stereocenters. The zero-order valence-electron chi connectivity index (χ0n) is 11.7. The number of hydrogen-bond donors (Lipinski definition) is 0. The zero-order valence-corrected chi connectivity index (χ0v) is 11.7. The van der Waals surface area contributed by atoms with Crippen LogP contribution >= 0.6 is 0 Å². The Hall–Kier alpha value is -0.410. The monoisotopic (exact) mass is 228 g/mol. The van der Waals surface area contributed by atoms with Crippen LogP contribution in [0, 0.1) is 0 Å². The summed E-state index contributed by atoms with van der Waals surface area (Å²) in [5, 5.41) is 0. The van der Waals surface area contributed by atoms with Crippen LogP contribution in [0.4, 0.5) is 0 Å². The van der Waals surface area contributed by atoms with Crippen LogP contribution in [0.3, 0.4) is 0 Å². The first kappa shape index (κ1) is 15.6. The number of aldehydes is 1. The van der Waals surface area contributed by atoms with E-state index in [0.717, 1.165) is 6.29 Å². The fraction of sp³-hybridized carbons (Fsp3) is 0.923. The second-order valence-electron chi connectivity index (χ2n) is 5.00. The maximum Gasteiger partial charge on any atom is 0.119 e. The largest absolute Gasteiger partial charge is 0.303 e. The molecule has 1 rings (SSSR count). The molecule has 3 heteroatoms. The molecular formula is C13H28N2O. The molecule has 0 aromatic rings. The van der Waals surface area contributed by atoms with Gasteiger partial charge in [0.15, 0.2) is 0 Å². The molecule has 0 aromatic carbocycles. The van der Waals surface area contributed by atoms with E-state index in [9.17, 15) is 4.79 Å². The molecule has 1 aliphatic heterocycles. The molecule has 1 saturated heterocycles. The van der Waals surface area contributed by atoms with Gasteiger partial charge in [-0.1, -0.05) is 6.92 Å². The first-order chi connectivity index (χ1) is 7.43. The van der Waals surface area contributed by atoms with Gasteiger partial charge in [0.25, 0.3) is 0 Å². The Morgan fingerprint density at radius 3 is 2.12 bits per heavy atom. The molecule has 1 fully saturated rings. The molecular weight excluding hydrogens is 200 g/mol. The van der Waals surface area contributed by atoms with Gasteiger partial charge in [-0.05, 0) is 34.7 Å². The predicted molar refractivity (Wildman–Crippen MR) is 69.8 cm³/mol. The third-order valence-electron chi connectivity index (χ3n) is 3.18. The highest BCUT2D eigenvalue weighted by molar-refractivity contribution is 5.48. The van der Waals surface area contributed by atoms with Crippen molar-refractivity contribution in [1.29, 1.82) is 0 Å². The van der Waals surface area contributed by atoms with Crippen LogP contribution in [0.5, 0.6) is 0 Å². The number of carbonyl (C=O) groups is 1. The van der Waals surface area contributed by atoms with Gasteiger partial charge >= 0.3 is 0 Å². The first-order valence-electron chi connectivity index (χ1n) is 6.33. The smallest absolute Gasteiger partial charge is 0.119 e. The van der Waals surface area contributed by atoms with Crippen LogP contribution in [0.25, 0.3) is 0 Å². The number of rotatable bonds is 2. The Morgan fingerprint density at radius 2 is 1.75 bits per heavy atom. The summed E-state index contributed by atoms with van der Waals surface area (Å²) in [4.78, 5) is 14.2. The Bertz CT molecular complexity index is 194. The molecule has 0 aromatic heterocycles. The van der Waals surface area contributed by atoms with Crippen molar-refractivity contribution >= 4 is 6.29 Å².